The summed E-state index contributed by atoms with van der Waals surface area (Å²) in [4.78, 5) is 75.9. The first-order chi connectivity index (χ1) is 30.5. The number of rotatable bonds is 20. The molecule has 4 fully saturated rings. The highest BCUT2D eigenvalue weighted by atomic mass is 16.7. The lowest BCUT2D eigenvalue weighted by molar-refractivity contribution is -0.167. The van der Waals surface area contributed by atoms with Crippen molar-refractivity contribution in [1.82, 2.24) is 0 Å². The van der Waals surface area contributed by atoms with E-state index < -0.39 is 42.1 Å². The minimum Gasteiger partial charge on any atom is -0.461 e. The van der Waals surface area contributed by atoms with Gasteiger partial charge in [-0.3, -0.25) is 24.0 Å². The number of ketones is 1. The van der Waals surface area contributed by atoms with Crippen molar-refractivity contribution in [2.75, 3.05) is 13.2 Å². The Hall–Kier alpha value is -4.48. The summed E-state index contributed by atoms with van der Waals surface area (Å²) in [7, 11) is 0. The molecule has 0 aliphatic heterocycles. The lowest BCUT2D eigenvalue weighted by atomic mass is 9.44. The molecule has 0 heterocycles. The van der Waals surface area contributed by atoms with Crippen LogP contribution in [0.1, 0.15) is 155 Å². The number of allylic oxidation sites excluding steroid dienone is 2. The highest BCUT2D eigenvalue weighted by molar-refractivity contribution is 5.79. The summed E-state index contributed by atoms with van der Waals surface area (Å²) in [5.74, 6) is 0.828. The van der Waals surface area contributed by atoms with E-state index in [1.54, 1.807) is 26.0 Å². The van der Waals surface area contributed by atoms with Crippen LogP contribution in [0, 0.1) is 60.2 Å². The van der Waals surface area contributed by atoms with Gasteiger partial charge in [-0.2, -0.15) is 0 Å². The van der Waals surface area contributed by atoms with Crippen LogP contribution in [0.4, 0.5) is 4.79 Å². The smallest absolute Gasteiger partial charge is 0.461 e. The fourth-order valence-electron chi connectivity index (χ4n) is 11.9. The molecule has 1 aromatic rings. The molecule has 5 rings (SSSR count). The average Bonchev–Trinajstić information content (AvgIpc) is 3.60. The van der Waals surface area contributed by atoms with E-state index in [0.29, 0.717) is 46.3 Å². The van der Waals surface area contributed by atoms with Crippen molar-refractivity contribution in [1.29, 1.82) is 0 Å². The maximum absolute atomic E-state index is 13.1. The van der Waals surface area contributed by atoms with Gasteiger partial charge in [0, 0.05) is 18.8 Å². The number of benzene rings is 1. The molecule has 12 nitrogen and oxygen atoms in total. The molecule has 0 amide bonds. The number of hydrogen-bond donors (Lipinski definition) is 0. The minimum absolute atomic E-state index is 0.0120. The molecule has 0 aromatic heterocycles. The third-order valence-electron chi connectivity index (χ3n) is 15.0. The van der Waals surface area contributed by atoms with E-state index in [-0.39, 0.29) is 68.4 Å². The third-order valence-corrected chi connectivity index (χ3v) is 15.0. The zero-order chi connectivity index (χ0) is 46.6. The average molecular weight is 891 g/mol. The van der Waals surface area contributed by atoms with Crippen molar-refractivity contribution in [2.24, 2.45) is 46.3 Å². The number of carbonyl (C=O) groups excluding carboxylic acids is 6. The van der Waals surface area contributed by atoms with Crippen LogP contribution in [0.2, 0.25) is 0 Å². The van der Waals surface area contributed by atoms with Gasteiger partial charge in [-0.25, -0.2) is 4.79 Å². The van der Waals surface area contributed by atoms with Crippen molar-refractivity contribution in [3.63, 3.8) is 0 Å². The lowest BCUT2D eigenvalue weighted by Crippen LogP contribution is -2.54. The van der Waals surface area contributed by atoms with Gasteiger partial charge in [0.2, 0.25) is 0 Å². The molecule has 1 aromatic carbocycles. The van der Waals surface area contributed by atoms with E-state index in [4.69, 9.17) is 28.4 Å². The Kier molecular flexibility index (Phi) is 18.2. The molecule has 4 aliphatic rings. The highest BCUT2D eigenvalue weighted by Crippen LogP contribution is 2.67. The summed E-state index contributed by atoms with van der Waals surface area (Å²) in [6.45, 7) is 15.4. The van der Waals surface area contributed by atoms with Gasteiger partial charge in [0.25, 0.3) is 0 Å². The molecule has 0 saturated heterocycles. The highest BCUT2D eigenvalue weighted by Gasteiger charge is 2.61. The van der Waals surface area contributed by atoms with Crippen molar-refractivity contribution in [3.8, 4) is 5.75 Å². The zero-order valence-corrected chi connectivity index (χ0v) is 39.7. The Bertz CT molecular complexity index is 1830. The summed E-state index contributed by atoms with van der Waals surface area (Å²) in [6.07, 6.45) is 16.3. The van der Waals surface area contributed by atoms with Crippen LogP contribution in [-0.4, -0.2) is 61.2 Å². The molecule has 0 radical (unpaired) electrons. The van der Waals surface area contributed by atoms with E-state index in [2.05, 4.69) is 13.8 Å². The normalized spacial score (nSPS) is 27.8. The Balaban J connectivity index is 1.05. The summed E-state index contributed by atoms with van der Waals surface area (Å²) in [5, 5.41) is 0. The van der Waals surface area contributed by atoms with Crippen molar-refractivity contribution in [3.05, 3.63) is 53.1 Å². The van der Waals surface area contributed by atoms with E-state index in [9.17, 15) is 28.8 Å². The Morgan fingerprint density at radius 3 is 1.92 bits per heavy atom. The molecule has 4 aliphatic carbocycles. The number of esters is 4. The minimum atomic E-state index is -1.02. The second-order valence-corrected chi connectivity index (χ2v) is 19.7. The Morgan fingerprint density at radius 2 is 1.31 bits per heavy atom. The summed E-state index contributed by atoms with van der Waals surface area (Å²) < 4.78 is 33.4. The SMILES string of the molecule is CC/C=C\CC(=O)OCC(COC(=O)C/C=C\CC)OC(=O)CC(C)CC(=O)Oc1c(C)cc(COC(=O)O[C@H]2CC[C@@]3(C)[C@@H](CC[C@@H]4[C@@H]3CC[C@]3(C)[C@@H](C(C)=O)CC[C@@H]43)C2)cc1C. The van der Waals surface area contributed by atoms with Crippen molar-refractivity contribution < 1.29 is 57.2 Å². The molecule has 0 spiro atoms. The molecular weight excluding hydrogens is 817 g/mol. The second kappa shape index (κ2) is 23.1. The Morgan fingerprint density at radius 1 is 0.719 bits per heavy atom. The van der Waals surface area contributed by atoms with E-state index in [1.165, 1.54) is 19.3 Å². The summed E-state index contributed by atoms with van der Waals surface area (Å²) >= 11 is 0. The van der Waals surface area contributed by atoms with Gasteiger partial charge in [-0.15, -0.1) is 0 Å². The van der Waals surface area contributed by atoms with Gasteiger partial charge in [0.05, 0.1) is 12.8 Å². The number of hydrogen-bond acceptors (Lipinski definition) is 12. The van der Waals surface area contributed by atoms with Crippen LogP contribution in [0.3, 0.4) is 0 Å². The predicted molar refractivity (Wildman–Crippen MR) is 241 cm³/mol. The zero-order valence-electron chi connectivity index (χ0n) is 39.7. The van der Waals surface area contributed by atoms with Crippen molar-refractivity contribution in [2.45, 2.75) is 171 Å². The molecule has 1 unspecified atom stereocenters. The number of Topliss-reactive ketones (excluding diaryl/α,β-unsaturated/α-hetero) is 1. The second-order valence-electron chi connectivity index (χ2n) is 19.7. The predicted octanol–water partition coefficient (Wildman–Crippen LogP) is 10.6. The number of fused-ring (bicyclic) bond motifs is 5. The van der Waals surface area contributed by atoms with Crippen LogP contribution < -0.4 is 4.74 Å². The molecular formula is C52H74O12. The van der Waals surface area contributed by atoms with Gasteiger partial charge in [0.15, 0.2) is 6.10 Å². The number of carbonyl (C=O) groups is 6. The third kappa shape index (κ3) is 13.1. The standard InChI is InChI=1S/C52H74O12/c1-9-11-13-15-45(54)59-31-40(32-60-46(55)16-14-12-10-2)62-47(56)25-33(3)26-48(57)64-49-34(4)27-37(28-35(49)5)30-61-50(58)63-39-21-23-51(7)38(29-39)17-18-41-43-20-19-42(36(6)53)52(43,8)24-22-44(41)51/h11-14,27-28,33,38-44H,9-10,15-26,29-32H2,1-8H3/b13-11-,14-12-/t33?,38-,39-,41-,42+,43-,44-,51-,52+/m0/s1. The Labute approximate surface area is 380 Å². The first-order valence-electron chi connectivity index (χ1n) is 23.9. The van der Waals surface area contributed by atoms with E-state index in [0.717, 1.165) is 56.9 Å². The lowest BCUT2D eigenvalue weighted by Gasteiger charge is -2.61. The molecule has 0 N–H and O–H groups in total. The van der Waals surface area contributed by atoms with Crippen LogP contribution in [0.5, 0.6) is 5.75 Å². The van der Waals surface area contributed by atoms with E-state index in [1.807, 2.05) is 52.0 Å². The van der Waals surface area contributed by atoms with Crippen LogP contribution >= 0.6 is 0 Å². The van der Waals surface area contributed by atoms with Gasteiger partial charge >= 0.3 is 30.0 Å². The first-order valence-corrected chi connectivity index (χ1v) is 23.9. The molecule has 4 saturated carbocycles. The topological polar surface area (TPSA) is 158 Å². The van der Waals surface area contributed by atoms with Gasteiger partial charge in [0.1, 0.15) is 37.5 Å². The molecule has 12 heteroatoms. The van der Waals surface area contributed by atoms with Crippen LogP contribution in [0.25, 0.3) is 0 Å². The maximum atomic E-state index is 13.1. The van der Waals surface area contributed by atoms with Crippen LogP contribution in [0.15, 0.2) is 36.4 Å². The fraction of sp³-hybridized carbons (Fsp3) is 0.692. The maximum Gasteiger partial charge on any atom is 0.508 e. The van der Waals surface area contributed by atoms with Gasteiger partial charge in [-0.1, -0.05) is 58.9 Å². The van der Waals surface area contributed by atoms with E-state index >= 15 is 0 Å². The first kappa shape index (κ1) is 50.5. The molecule has 9 atom stereocenters. The fourth-order valence-corrected chi connectivity index (χ4v) is 11.9. The van der Waals surface area contributed by atoms with Gasteiger partial charge in [-0.05, 0) is 161 Å². The van der Waals surface area contributed by atoms with Crippen LogP contribution in [-0.2, 0) is 54.3 Å². The van der Waals surface area contributed by atoms with Crippen molar-refractivity contribution >= 4 is 35.8 Å². The monoisotopic (exact) mass is 891 g/mol. The molecule has 0 bridgehead atoms. The quantitative estimate of drug-likeness (QED) is 0.0529. The summed E-state index contributed by atoms with van der Waals surface area (Å²) in [6, 6.07) is 3.62. The number of ether oxygens (including phenoxy) is 6. The largest absolute Gasteiger partial charge is 0.508 e. The summed E-state index contributed by atoms with van der Waals surface area (Å²) in [5.41, 5.74) is 2.49. The van der Waals surface area contributed by atoms with Gasteiger partial charge < -0.3 is 28.4 Å². The molecule has 354 valence electrons. The number of aryl methyl sites for hydroxylation is 2. The molecule has 64 heavy (non-hydrogen) atoms.